The molecule has 0 saturated heterocycles. The number of esters is 1. The van der Waals surface area contributed by atoms with Crippen molar-refractivity contribution in [2.75, 3.05) is 7.11 Å². The fourth-order valence-corrected chi connectivity index (χ4v) is 1.39. The number of carbonyl (C=O) groups excluding carboxylic acids is 2. The summed E-state index contributed by atoms with van der Waals surface area (Å²) in [6, 6.07) is 0. The number of rotatable bonds is 1. The summed E-state index contributed by atoms with van der Waals surface area (Å²) in [7, 11) is 1.28. The molecule has 1 aliphatic rings. The average Bonchev–Trinajstić information content (AvgIpc) is 2.19. The van der Waals surface area contributed by atoms with Gasteiger partial charge in [-0.1, -0.05) is 6.92 Å². The lowest BCUT2D eigenvalue weighted by Crippen LogP contribution is -2.49. The van der Waals surface area contributed by atoms with Crippen LogP contribution in [0.1, 0.15) is 20.8 Å². The minimum Gasteiger partial charge on any atom is -0.482 e. The quantitative estimate of drug-likeness (QED) is 0.591. The van der Waals surface area contributed by atoms with E-state index in [0.717, 1.165) is 0 Å². The van der Waals surface area contributed by atoms with E-state index in [9.17, 15) is 9.59 Å². The fraction of sp³-hybridized carbons (Fsp3) is 0.600. The highest BCUT2D eigenvalue weighted by Gasteiger charge is 2.47. The van der Waals surface area contributed by atoms with Crippen molar-refractivity contribution in [1.29, 1.82) is 0 Å². The molecule has 0 fully saturated rings. The molecule has 1 rings (SSSR count). The topological polar surface area (TPSA) is 52.6 Å². The van der Waals surface area contributed by atoms with Gasteiger partial charge in [-0.15, -0.1) is 0 Å². The number of carbonyl (C=O) groups is 2. The maximum Gasteiger partial charge on any atom is 0.350 e. The van der Waals surface area contributed by atoms with Crippen molar-refractivity contribution in [2.24, 2.45) is 5.92 Å². The zero-order valence-corrected chi connectivity index (χ0v) is 8.79. The maximum atomic E-state index is 11.6. The van der Waals surface area contributed by atoms with Gasteiger partial charge in [-0.05, 0) is 13.8 Å². The van der Waals surface area contributed by atoms with E-state index in [1.807, 2.05) is 0 Å². The normalized spacial score (nSPS) is 31.9. The summed E-state index contributed by atoms with van der Waals surface area (Å²) in [6.45, 7) is 4.88. The second kappa shape index (κ2) is 3.44. The van der Waals surface area contributed by atoms with Crippen LogP contribution < -0.4 is 0 Å². The van der Waals surface area contributed by atoms with Crippen LogP contribution in [-0.2, 0) is 19.1 Å². The third-order valence-electron chi connectivity index (χ3n) is 2.68. The summed E-state index contributed by atoms with van der Waals surface area (Å²) in [5.74, 6) is -1.12. The highest BCUT2D eigenvalue weighted by molar-refractivity contribution is 6.01. The van der Waals surface area contributed by atoms with Crippen LogP contribution in [0.2, 0.25) is 0 Å². The number of ether oxygens (including phenoxy) is 2. The molecule has 0 N–H and O–H groups in total. The molecule has 1 heterocycles. The Bertz CT molecular complexity index is 305. The van der Waals surface area contributed by atoms with E-state index in [-0.39, 0.29) is 5.78 Å². The number of hydrogen-bond acceptors (Lipinski definition) is 4. The Morgan fingerprint density at radius 1 is 1.64 bits per heavy atom. The zero-order valence-electron chi connectivity index (χ0n) is 8.79. The maximum absolute atomic E-state index is 11.6. The lowest BCUT2D eigenvalue weighted by molar-refractivity contribution is -0.170. The van der Waals surface area contributed by atoms with Crippen LogP contribution in [0, 0.1) is 5.92 Å². The molecule has 4 heteroatoms. The van der Waals surface area contributed by atoms with Crippen molar-refractivity contribution >= 4 is 11.8 Å². The highest BCUT2D eigenvalue weighted by atomic mass is 16.6. The first-order chi connectivity index (χ1) is 6.43. The first kappa shape index (κ1) is 10.8. The number of allylic oxidation sites excluding steroid dienone is 1. The van der Waals surface area contributed by atoms with Crippen molar-refractivity contribution in [3.05, 3.63) is 11.8 Å². The molecule has 78 valence electrons. The zero-order chi connectivity index (χ0) is 10.9. The third-order valence-corrected chi connectivity index (χ3v) is 2.68. The fourth-order valence-electron chi connectivity index (χ4n) is 1.39. The summed E-state index contributed by atoms with van der Waals surface area (Å²) >= 11 is 0. The number of ketones is 1. The molecule has 0 unspecified atom stereocenters. The van der Waals surface area contributed by atoms with E-state index in [4.69, 9.17) is 4.74 Å². The molecular formula is C10H14O4. The van der Waals surface area contributed by atoms with Gasteiger partial charge in [0.25, 0.3) is 0 Å². The summed E-state index contributed by atoms with van der Waals surface area (Å²) in [4.78, 5) is 23.0. The van der Waals surface area contributed by atoms with Crippen LogP contribution in [0.15, 0.2) is 11.8 Å². The van der Waals surface area contributed by atoms with Crippen LogP contribution in [0.4, 0.5) is 0 Å². The van der Waals surface area contributed by atoms with Gasteiger partial charge in [0.05, 0.1) is 19.3 Å². The van der Waals surface area contributed by atoms with Crippen molar-refractivity contribution in [3.8, 4) is 0 Å². The van der Waals surface area contributed by atoms with Gasteiger partial charge in [0.1, 0.15) is 0 Å². The molecule has 0 radical (unpaired) electrons. The van der Waals surface area contributed by atoms with Crippen LogP contribution in [-0.4, -0.2) is 24.5 Å². The van der Waals surface area contributed by atoms with E-state index < -0.39 is 17.5 Å². The lowest BCUT2D eigenvalue weighted by atomic mass is 9.83. The van der Waals surface area contributed by atoms with Crippen LogP contribution in [0.25, 0.3) is 0 Å². The average molecular weight is 198 g/mol. The van der Waals surface area contributed by atoms with Gasteiger partial charge in [-0.25, -0.2) is 4.79 Å². The largest absolute Gasteiger partial charge is 0.482 e. The first-order valence-electron chi connectivity index (χ1n) is 4.40. The van der Waals surface area contributed by atoms with E-state index >= 15 is 0 Å². The summed E-state index contributed by atoms with van der Waals surface area (Å²) in [5.41, 5.74) is -0.662. The molecule has 2 atom stereocenters. The lowest BCUT2D eigenvalue weighted by Gasteiger charge is -2.34. The van der Waals surface area contributed by atoms with Crippen LogP contribution >= 0.6 is 0 Å². The third kappa shape index (κ3) is 1.41. The Morgan fingerprint density at radius 3 is 2.71 bits per heavy atom. The van der Waals surface area contributed by atoms with Crippen molar-refractivity contribution < 1.29 is 19.1 Å². The predicted molar refractivity (Wildman–Crippen MR) is 49.4 cm³/mol. The second-order valence-electron chi connectivity index (χ2n) is 3.60. The van der Waals surface area contributed by atoms with E-state index in [1.54, 1.807) is 20.8 Å². The SMILES string of the molecule is COC(=O)[C@@]1(C)OC=C(C)C(=O)[C@H]1C. The number of Topliss-reactive ketones (excluding diaryl/α,β-unsaturated/α-hetero) is 1. The van der Waals surface area contributed by atoms with Gasteiger partial charge < -0.3 is 9.47 Å². The van der Waals surface area contributed by atoms with Crippen molar-refractivity contribution in [3.63, 3.8) is 0 Å². The Kier molecular flexibility index (Phi) is 2.64. The van der Waals surface area contributed by atoms with Crippen molar-refractivity contribution in [2.45, 2.75) is 26.4 Å². The molecule has 4 nitrogen and oxygen atoms in total. The minimum absolute atomic E-state index is 0.0795. The molecule has 0 saturated carbocycles. The van der Waals surface area contributed by atoms with Crippen LogP contribution in [0.3, 0.4) is 0 Å². The highest BCUT2D eigenvalue weighted by Crippen LogP contribution is 2.30. The number of methoxy groups -OCH3 is 1. The Balaban J connectivity index is 3.04. The molecule has 0 aromatic heterocycles. The molecule has 0 aromatic rings. The van der Waals surface area contributed by atoms with Gasteiger partial charge in [-0.2, -0.15) is 0 Å². The molecule has 0 amide bonds. The molecule has 1 aliphatic heterocycles. The van der Waals surface area contributed by atoms with Gasteiger partial charge in [-0.3, -0.25) is 4.79 Å². The monoisotopic (exact) mass is 198 g/mol. The van der Waals surface area contributed by atoms with Crippen LogP contribution in [0.5, 0.6) is 0 Å². The molecule has 14 heavy (non-hydrogen) atoms. The molecule has 0 aromatic carbocycles. The Hall–Kier alpha value is -1.32. The first-order valence-corrected chi connectivity index (χ1v) is 4.40. The standard InChI is InChI=1S/C10H14O4/c1-6-5-14-10(3,9(12)13-4)7(2)8(6)11/h5,7H,1-4H3/t7-,10+/m1/s1. The van der Waals surface area contributed by atoms with Gasteiger partial charge >= 0.3 is 5.97 Å². The minimum atomic E-state index is -1.19. The van der Waals surface area contributed by atoms with Gasteiger partial charge in [0, 0.05) is 5.57 Å². The predicted octanol–water partition coefficient (Wildman–Crippen LogP) is 1.06. The second-order valence-corrected chi connectivity index (χ2v) is 3.60. The summed E-state index contributed by atoms with van der Waals surface area (Å²) < 4.78 is 9.86. The van der Waals surface area contributed by atoms with Gasteiger partial charge in [0.2, 0.25) is 5.60 Å². The van der Waals surface area contributed by atoms with E-state index in [1.165, 1.54) is 13.4 Å². The Morgan fingerprint density at radius 2 is 2.21 bits per heavy atom. The smallest absolute Gasteiger partial charge is 0.350 e. The molecule has 0 bridgehead atoms. The molecule has 0 aliphatic carbocycles. The number of hydrogen-bond donors (Lipinski definition) is 0. The van der Waals surface area contributed by atoms with E-state index in [2.05, 4.69) is 4.74 Å². The van der Waals surface area contributed by atoms with E-state index in [0.29, 0.717) is 5.57 Å². The Labute approximate surface area is 82.9 Å². The van der Waals surface area contributed by atoms with Gasteiger partial charge in [0.15, 0.2) is 5.78 Å². The molecule has 0 spiro atoms. The summed E-state index contributed by atoms with van der Waals surface area (Å²) in [5, 5.41) is 0. The van der Waals surface area contributed by atoms with Crippen molar-refractivity contribution in [1.82, 2.24) is 0 Å². The molecular weight excluding hydrogens is 184 g/mol. The summed E-state index contributed by atoms with van der Waals surface area (Å²) in [6.07, 6.45) is 1.32.